The fraction of sp³-hybridized carbons (Fsp3) is 0.429. The van der Waals surface area contributed by atoms with Crippen LogP contribution in [0, 0.1) is 0 Å². The van der Waals surface area contributed by atoms with Crippen molar-refractivity contribution in [3.05, 3.63) is 24.4 Å². The Hall–Kier alpha value is -1.93. The van der Waals surface area contributed by atoms with Crippen molar-refractivity contribution in [3.63, 3.8) is 0 Å². The lowest BCUT2D eigenvalue weighted by atomic mass is 10.0. The molecule has 1 unspecified atom stereocenters. The lowest BCUT2D eigenvalue weighted by Gasteiger charge is -2.32. The number of nitrogens with zero attached hydrogens (tertiary/aromatic N) is 2. The number of H-pyrrole nitrogens is 1. The average molecular weight is 322 g/mol. The minimum atomic E-state index is -3.38. The lowest BCUT2D eigenvalue weighted by Crippen LogP contribution is -2.49. The van der Waals surface area contributed by atoms with Crippen LogP contribution < -0.4 is 5.32 Å². The molecule has 3 rings (SSSR count). The van der Waals surface area contributed by atoms with Gasteiger partial charge in [-0.15, -0.1) is 0 Å². The zero-order valence-electron chi connectivity index (χ0n) is 12.2. The van der Waals surface area contributed by atoms with Crippen LogP contribution in [0.15, 0.2) is 24.4 Å². The number of anilines is 1. The van der Waals surface area contributed by atoms with Gasteiger partial charge in [0.2, 0.25) is 15.9 Å². The summed E-state index contributed by atoms with van der Waals surface area (Å²) in [5.41, 5.74) is 1.52. The molecule has 0 spiro atoms. The second kappa shape index (κ2) is 5.69. The molecule has 1 amide bonds. The summed E-state index contributed by atoms with van der Waals surface area (Å²) in [5, 5.41) is 10.5. The number of amides is 1. The molecule has 7 nitrogen and oxygen atoms in total. The van der Waals surface area contributed by atoms with Gasteiger partial charge in [-0.1, -0.05) is 6.42 Å². The molecule has 0 aliphatic carbocycles. The molecule has 0 saturated carbocycles. The molecule has 2 heterocycles. The van der Waals surface area contributed by atoms with E-state index >= 15 is 0 Å². The van der Waals surface area contributed by atoms with Gasteiger partial charge >= 0.3 is 0 Å². The van der Waals surface area contributed by atoms with Crippen LogP contribution in [0.2, 0.25) is 0 Å². The van der Waals surface area contributed by atoms with Crippen molar-refractivity contribution in [1.82, 2.24) is 14.5 Å². The van der Waals surface area contributed by atoms with E-state index in [1.165, 1.54) is 4.31 Å². The highest BCUT2D eigenvalue weighted by molar-refractivity contribution is 7.88. The molecule has 22 heavy (non-hydrogen) atoms. The highest BCUT2D eigenvalue weighted by atomic mass is 32.2. The highest BCUT2D eigenvalue weighted by Gasteiger charge is 2.34. The number of nitrogens with one attached hydrogen (secondary N) is 2. The van der Waals surface area contributed by atoms with E-state index in [1.807, 2.05) is 12.1 Å². The summed E-state index contributed by atoms with van der Waals surface area (Å²) < 4.78 is 24.9. The van der Waals surface area contributed by atoms with E-state index in [1.54, 1.807) is 12.3 Å². The van der Waals surface area contributed by atoms with Gasteiger partial charge in [0.15, 0.2) is 0 Å². The zero-order chi connectivity index (χ0) is 15.7. The van der Waals surface area contributed by atoms with Crippen molar-refractivity contribution in [2.24, 2.45) is 0 Å². The zero-order valence-corrected chi connectivity index (χ0v) is 13.1. The highest BCUT2D eigenvalue weighted by Crippen LogP contribution is 2.22. The van der Waals surface area contributed by atoms with E-state index in [2.05, 4.69) is 15.5 Å². The number of sulfonamides is 1. The minimum absolute atomic E-state index is 0.284. The molecule has 2 N–H and O–H groups in total. The predicted octanol–water partition coefficient (Wildman–Crippen LogP) is 1.32. The molecule has 0 bridgehead atoms. The summed E-state index contributed by atoms with van der Waals surface area (Å²) in [4.78, 5) is 12.5. The lowest BCUT2D eigenvalue weighted by molar-refractivity contribution is -0.120. The summed E-state index contributed by atoms with van der Waals surface area (Å²) in [5.74, 6) is -0.284. The first-order chi connectivity index (χ1) is 10.4. The Bertz CT molecular complexity index is 799. The smallest absolute Gasteiger partial charge is 0.242 e. The maximum Gasteiger partial charge on any atom is 0.242 e. The largest absolute Gasteiger partial charge is 0.325 e. The molecule has 1 atom stereocenters. The van der Waals surface area contributed by atoms with Crippen LogP contribution in [0.25, 0.3) is 10.9 Å². The van der Waals surface area contributed by atoms with E-state index in [0.717, 1.165) is 30.0 Å². The SMILES string of the molecule is CS(=O)(=O)N1CCCCC1C(=O)Nc1ccc2[nH]ncc2c1. The van der Waals surface area contributed by atoms with Crippen molar-refractivity contribution in [3.8, 4) is 0 Å². The van der Waals surface area contributed by atoms with E-state index in [9.17, 15) is 13.2 Å². The number of hydrogen-bond acceptors (Lipinski definition) is 4. The van der Waals surface area contributed by atoms with Gasteiger partial charge in [-0.2, -0.15) is 9.40 Å². The van der Waals surface area contributed by atoms with E-state index in [-0.39, 0.29) is 5.91 Å². The van der Waals surface area contributed by atoms with E-state index in [0.29, 0.717) is 18.7 Å². The van der Waals surface area contributed by atoms with Gasteiger partial charge in [-0.05, 0) is 31.0 Å². The molecule has 2 aromatic rings. The third-order valence-electron chi connectivity index (χ3n) is 3.89. The molecular weight excluding hydrogens is 304 g/mol. The molecule has 1 aromatic carbocycles. The second-order valence-electron chi connectivity index (χ2n) is 5.55. The molecule has 1 fully saturated rings. The Balaban J connectivity index is 1.80. The minimum Gasteiger partial charge on any atom is -0.325 e. The predicted molar refractivity (Wildman–Crippen MR) is 83.9 cm³/mol. The van der Waals surface area contributed by atoms with Crippen LogP contribution in [-0.2, 0) is 14.8 Å². The number of rotatable bonds is 3. The Kier molecular flexibility index (Phi) is 3.88. The van der Waals surface area contributed by atoms with Crippen LogP contribution in [0.1, 0.15) is 19.3 Å². The Morgan fingerprint density at radius 3 is 3.00 bits per heavy atom. The maximum absolute atomic E-state index is 12.5. The number of piperidine rings is 1. The summed E-state index contributed by atoms with van der Waals surface area (Å²) in [6.45, 7) is 0.400. The summed E-state index contributed by atoms with van der Waals surface area (Å²) in [6, 6.07) is 4.77. The molecule has 8 heteroatoms. The van der Waals surface area contributed by atoms with Crippen molar-refractivity contribution >= 4 is 32.5 Å². The van der Waals surface area contributed by atoms with Gasteiger partial charge in [0, 0.05) is 17.6 Å². The first-order valence-corrected chi connectivity index (χ1v) is 9.01. The Morgan fingerprint density at radius 1 is 1.41 bits per heavy atom. The number of aromatic nitrogens is 2. The van der Waals surface area contributed by atoms with Crippen molar-refractivity contribution < 1.29 is 13.2 Å². The summed E-state index contributed by atoms with van der Waals surface area (Å²) >= 11 is 0. The van der Waals surface area contributed by atoms with Gasteiger partial charge in [0.25, 0.3) is 0 Å². The Labute approximate surface area is 128 Å². The molecule has 1 saturated heterocycles. The maximum atomic E-state index is 12.5. The Morgan fingerprint density at radius 2 is 2.23 bits per heavy atom. The average Bonchev–Trinajstić information content (AvgIpc) is 2.94. The van der Waals surface area contributed by atoms with Crippen molar-refractivity contribution in [1.29, 1.82) is 0 Å². The molecule has 0 radical (unpaired) electrons. The molecule has 1 aliphatic heterocycles. The van der Waals surface area contributed by atoms with Crippen LogP contribution >= 0.6 is 0 Å². The van der Waals surface area contributed by atoms with Crippen LogP contribution in [0.3, 0.4) is 0 Å². The third-order valence-corrected chi connectivity index (χ3v) is 5.18. The second-order valence-corrected chi connectivity index (χ2v) is 7.48. The topological polar surface area (TPSA) is 95.2 Å². The first-order valence-electron chi connectivity index (χ1n) is 7.16. The number of aromatic amines is 1. The number of hydrogen-bond donors (Lipinski definition) is 2. The van der Waals surface area contributed by atoms with Gasteiger partial charge in [-0.25, -0.2) is 8.42 Å². The monoisotopic (exact) mass is 322 g/mol. The number of benzene rings is 1. The van der Waals surface area contributed by atoms with Crippen LogP contribution in [-0.4, -0.2) is 47.7 Å². The molecule has 118 valence electrons. The van der Waals surface area contributed by atoms with Crippen LogP contribution in [0.5, 0.6) is 0 Å². The summed E-state index contributed by atoms with van der Waals surface area (Å²) in [7, 11) is -3.38. The van der Waals surface area contributed by atoms with E-state index < -0.39 is 16.1 Å². The molecule has 1 aromatic heterocycles. The third kappa shape index (κ3) is 2.97. The van der Waals surface area contributed by atoms with Gasteiger partial charge in [-0.3, -0.25) is 9.89 Å². The van der Waals surface area contributed by atoms with Gasteiger partial charge < -0.3 is 5.32 Å². The standard InChI is InChI=1S/C14H18N4O3S/c1-22(20,21)18-7-3-2-4-13(18)14(19)16-11-5-6-12-10(8-11)9-15-17-12/h5-6,8-9,13H,2-4,7H2,1H3,(H,15,17)(H,16,19). The fourth-order valence-electron chi connectivity index (χ4n) is 2.81. The quantitative estimate of drug-likeness (QED) is 0.891. The fourth-order valence-corrected chi connectivity index (χ4v) is 3.93. The number of carbonyl (C=O) groups is 1. The number of carbonyl (C=O) groups excluding carboxylic acids is 1. The van der Waals surface area contributed by atoms with Crippen LogP contribution in [0.4, 0.5) is 5.69 Å². The van der Waals surface area contributed by atoms with Gasteiger partial charge in [0.05, 0.1) is 18.0 Å². The molecule has 1 aliphatic rings. The molecular formula is C14H18N4O3S. The van der Waals surface area contributed by atoms with Crippen molar-refractivity contribution in [2.45, 2.75) is 25.3 Å². The normalized spacial score (nSPS) is 20.1. The van der Waals surface area contributed by atoms with Crippen molar-refractivity contribution in [2.75, 3.05) is 18.1 Å². The van der Waals surface area contributed by atoms with E-state index in [4.69, 9.17) is 0 Å². The number of fused-ring (bicyclic) bond motifs is 1. The van der Waals surface area contributed by atoms with Gasteiger partial charge in [0.1, 0.15) is 6.04 Å². The first kappa shape index (κ1) is 15.0. The summed E-state index contributed by atoms with van der Waals surface area (Å²) in [6.07, 6.45) is 5.01.